The Balaban J connectivity index is 1.97. The van der Waals surface area contributed by atoms with E-state index in [1.54, 1.807) is 0 Å². The Hall–Kier alpha value is -0.910. The number of carbonyl (C=O) groups excluding carboxylic acids is 1. The second-order valence-corrected chi connectivity index (χ2v) is 8.27. The molecule has 1 amide bonds. The monoisotopic (exact) mass is 381 g/mol. The molecule has 0 bridgehead atoms. The Labute approximate surface area is 148 Å². The van der Waals surface area contributed by atoms with Gasteiger partial charge in [0.05, 0.1) is 6.04 Å². The Morgan fingerprint density at radius 1 is 1.43 bits per heavy atom. The summed E-state index contributed by atoms with van der Waals surface area (Å²) in [5, 5.41) is 0. The number of likely N-dealkylation sites (N-methyl/N-ethyl adjacent to an activating group) is 1. The number of nitrogens with two attached hydrogens (primary N) is 1. The third kappa shape index (κ3) is 4.55. The van der Waals surface area contributed by atoms with Crippen LogP contribution in [0.4, 0.5) is 0 Å². The van der Waals surface area contributed by atoms with Gasteiger partial charge >= 0.3 is 0 Å². The van der Waals surface area contributed by atoms with Crippen LogP contribution in [0.15, 0.2) is 28.7 Å². The average molecular weight is 382 g/mol. The van der Waals surface area contributed by atoms with Gasteiger partial charge < -0.3 is 10.6 Å². The van der Waals surface area contributed by atoms with Crippen LogP contribution in [-0.2, 0) is 11.3 Å². The summed E-state index contributed by atoms with van der Waals surface area (Å²) in [7, 11) is 1.88. The quantitative estimate of drug-likeness (QED) is 0.871. The first-order valence-electron chi connectivity index (χ1n) is 8.20. The van der Waals surface area contributed by atoms with Gasteiger partial charge in [-0.15, -0.1) is 0 Å². The molecule has 2 atom stereocenters. The molecular weight excluding hydrogens is 354 g/mol. The summed E-state index contributed by atoms with van der Waals surface area (Å²) < 4.78 is 1.05. The maximum atomic E-state index is 12.7. The molecule has 1 aliphatic heterocycles. The van der Waals surface area contributed by atoms with Gasteiger partial charge in [0.2, 0.25) is 5.91 Å². The van der Waals surface area contributed by atoms with E-state index >= 15 is 0 Å². The van der Waals surface area contributed by atoms with Crippen molar-refractivity contribution in [3.63, 3.8) is 0 Å². The highest BCUT2D eigenvalue weighted by atomic mass is 79.9. The summed E-state index contributed by atoms with van der Waals surface area (Å²) in [5.41, 5.74) is 7.39. The fourth-order valence-corrected chi connectivity index (χ4v) is 3.43. The molecule has 1 aliphatic rings. The largest absolute Gasteiger partial charge is 0.340 e. The molecule has 0 spiro atoms. The topological polar surface area (TPSA) is 49.6 Å². The molecule has 2 rings (SSSR count). The minimum Gasteiger partial charge on any atom is -0.340 e. The molecule has 1 saturated heterocycles. The van der Waals surface area contributed by atoms with Crippen LogP contribution in [0.25, 0.3) is 0 Å². The molecule has 1 fully saturated rings. The lowest BCUT2D eigenvalue weighted by atomic mass is 9.79. The molecule has 0 saturated carbocycles. The van der Waals surface area contributed by atoms with Crippen molar-refractivity contribution >= 4 is 21.8 Å². The fourth-order valence-electron chi connectivity index (χ4n) is 3.16. The second-order valence-electron chi connectivity index (χ2n) is 7.35. The van der Waals surface area contributed by atoms with Gasteiger partial charge in [-0.2, -0.15) is 0 Å². The number of halogens is 1. The van der Waals surface area contributed by atoms with E-state index in [-0.39, 0.29) is 23.4 Å². The molecule has 1 aromatic carbocycles. The summed E-state index contributed by atoms with van der Waals surface area (Å²) in [6.45, 7) is 8.77. The van der Waals surface area contributed by atoms with E-state index in [2.05, 4.69) is 34.7 Å². The normalized spacial score (nSPS) is 22.6. The zero-order valence-electron chi connectivity index (χ0n) is 14.6. The van der Waals surface area contributed by atoms with Crippen LogP contribution in [0.1, 0.15) is 32.8 Å². The summed E-state index contributed by atoms with van der Waals surface area (Å²) in [4.78, 5) is 16.8. The number of amides is 1. The van der Waals surface area contributed by atoms with Crippen molar-refractivity contribution in [3.05, 3.63) is 34.3 Å². The number of piperidine rings is 1. The number of rotatable bonds is 4. The van der Waals surface area contributed by atoms with Gasteiger partial charge in [0.25, 0.3) is 0 Å². The molecule has 5 heteroatoms. The van der Waals surface area contributed by atoms with Crippen LogP contribution in [-0.4, -0.2) is 47.9 Å². The molecule has 4 nitrogen and oxygen atoms in total. The van der Waals surface area contributed by atoms with Crippen molar-refractivity contribution in [1.29, 1.82) is 0 Å². The van der Waals surface area contributed by atoms with Gasteiger partial charge in [-0.25, -0.2) is 0 Å². The highest BCUT2D eigenvalue weighted by molar-refractivity contribution is 9.10. The van der Waals surface area contributed by atoms with Crippen molar-refractivity contribution in [2.75, 3.05) is 20.1 Å². The first-order chi connectivity index (χ1) is 10.7. The lowest BCUT2D eigenvalue weighted by Gasteiger charge is -2.45. The van der Waals surface area contributed by atoms with Crippen LogP contribution in [0.2, 0.25) is 0 Å². The van der Waals surface area contributed by atoms with E-state index in [4.69, 9.17) is 5.73 Å². The third-order valence-corrected chi connectivity index (χ3v) is 5.48. The van der Waals surface area contributed by atoms with E-state index < -0.39 is 0 Å². The number of carbonyl (C=O) groups is 1. The van der Waals surface area contributed by atoms with E-state index in [0.717, 1.165) is 29.5 Å². The highest BCUT2D eigenvalue weighted by Crippen LogP contribution is 2.29. The standard InChI is InChI=1S/C18H28BrN3O/c1-13(22-10-9-16(20)18(2,3)12-22)17(23)21(4)11-14-5-7-15(19)8-6-14/h5-8,13,16H,9-12,20H2,1-4H3. The van der Waals surface area contributed by atoms with Crippen LogP contribution in [0.3, 0.4) is 0 Å². The zero-order chi connectivity index (χ0) is 17.2. The Morgan fingerprint density at radius 3 is 2.61 bits per heavy atom. The second kappa shape index (κ2) is 7.32. The zero-order valence-corrected chi connectivity index (χ0v) is 16.1. The van der Waals surface area contributed by atoms with E-state index in [0.29, 0.717) is 6.54 Å². The molecule has 128 valence electrons. The van der Waals surface area contributed by atoms with Crippen LogP contribution < -0.4 is 5.73 Å². The molecule has 0 aromatic heterocycles. The third-order valence-electron chi connectivity index (χ3n) is 4.96. The van der Waals surface area contributed by atoms with E-state index in [1.165, 1.54) is 0 Å². The lowest BCUT2D eigenvalue weighted by molar-refractivity contribution is -0.137. The molecule has 2 unspecified atom stereocenters. The van der Waals surface area contributed by atoms with Gasteiger partial charge in [-0.3, -0.25) is 9.69 Å². The van der Waals surface area contributed by atoms with Gasteiger partial charge in [0, 0.05) is 37.2 Å². The molecule has 0 aliphatic carbocycles. The fraction of sp³-hybridized carbons (Fsp3) is 0.611. The van der Waals surface area contributed by atoms with Crippen molar-refractivity contribution in [2.24, 2.45) is 11.1 Å². The van der Waals surface area contributed by atoms with Crippen molar-refractivity contribution in [3.8, 4) is 0 Å². The molecule has 23 heavy (non-hydrogen) atoms. The van der Waals surface area contributed by atoms with Crippen molar-refractivity contribution in [2.45, 2.75) is 45.8 Å². The van der Waals surface area contributed by atoms with E-state index in [9.17, 15) is 4.79 Å². The van der Waals surface area contributed by atoms with Gasteiger partial charge in [-0.1, -0.05) is 41.9 Å². The predicted molar refractivity (Wildman–Crippen MR) is 98.0 cm³/mol. The smallest absolute Gasteiger partial charge is 0.239 e. The lowest BCUT2D eigenvalue weighted by Crippen LogP contribution is -2.57. The maximum absolute atomic E-state index is 12.7. The summed E-state index contributed by atoms with van der Waals surface area (Å²) >= 11 is 3.43. The molecular formula is C18H28BrN3O. The Kier molecular flexibility index (Phi) is 5.87. The molecule has 0 radical (unpaired) electrons. The van der Waals surface area contributed by atoms with Gasteiger partial charge in [-0.05, 0) is 36.5 Å². The first-order valence-corrected chi connectivity index (χ1v) is 8.99. The minimum atomic E-state index is -0.109. The maximum Gasteiger partial charge on any atom is 0.239 e. The van der Waals surface area contributed by atoms with Gasteiger partial charge in [0.15, 0.2) is 0 Å². The van der Waals surface area contributed by atoms with Crippen molar-refractivity contribution in [1.82, 2.24) is 9.80 Å². The first kappa shape index (κ1) is 18.4. The summed E-state index contributed by atoms with van der Waals surface area (Å²) in [6.07, 6.45) is 0.945. The summed E-state index contributed by atoms with van der Waals surface area (Å²) in [6, 6.07) is 8.20. The van der Waals surface area contributed by atoms with Gasteiger partial charge in [0.1, 0.15) is 0 Å². The Morgan fingerprint density at radius 2 is 2.04 bits per heavy atom. The number of hydrogen-bond acceptors (Lipinski definition) is 3. The predicted octanol–water partition coefficient (Wildman–Crippen LogP) is 2.86. The molecule has 2 N–H and O–H groups in total. The number of hydrogen-bond donors (Lipinski definition) is 1. The minimum absolute atomic E-state index is 0.0526. The average Bonchev–Trinajstić information content (AvgIpc) is 2.50. The molecule has 1 heterocycles. The SMILES string of the molecule is CC(C(=O)N(C)Cc1ccc(Br)cc1)N1CCC(N)C(C)(C)C1. The van der Waals surface area contributed by atoms with Crippen LogP contribution in [0.5, 0.6) is 0 Å². The van der Waals surface area contributed by atoms with E-state index in [1.807, 2.05) is 43.1 Å². The Bertz CT molecular complexity index is 544. The van der Waals surface area contributed by atoms with Crippen LogP contribution >= 0.6 is 15.9 Å². The number of likely N-dealkylation sites (tertiary alicyclic amines) is 1. The van der Waals surface area contributed by atoms with Crippen molar-refractivity contribution < 1.29 is 4.79 Å². The number of nitrogens with zero attached hydrogens (tertiary/aromatic N) is 2. The summed E-state index contributed by atoms with van der Waals surface area (Å²) in [5.74, 6) is 0.166. The van der Waals surface area contributed by atoms with Crippen LogP contribution in [0, 0.1) is 5.41 Å². The highest BCUT2D eigenvalue weighted by Gasteiger charge is 2.37. The molecule has 1 aromatic rings. The number of benzene rings is 1.